The zero-order valence-electron chi connectivity index (χ0n) is 10.2. The topological polar surface area (TPSA) is 80.3 Å². The van der Waals surface area contributed by atoms with Gasteiger partial charge in [0.25, 0.3) is 0 Å². The molecule has 0 saturated carbocycles. The van der Waals surface area contributed by atoms with Gasteiger partial charge in [0.15, 0.2) is 0 Å². The normalized spacial score (nSPS) is 11.8. The van der Waals surface area contributed by atoms with Crippen LogP contribution in [0.2, 0.25) is 0 Å². The molecule has 0 saturated heterocycles. The van der Waals surface area contributed by atoms with Gasteiger partial charge in [0.1, 0.15) is 0 Å². The van der Waals surface area contributed by atoms with Gasteiger partial charge in [-0.2, -0.15) is 0 Å². The number of carboxylic acids is 2. The van der Waals surface area contributed by atoms with Gasteiger partial charge in [0.2, 0.25) is 0 Å². The Hall–Kier alpha value is -0.528. The third kappa shape index (κ3) is 5.53. The smallest absolute Gasteiger partial charge is 0.550 e. The minimum Gasteiger partial charge on any atom is -0.550 e. The third-order valence-electron chi connectivity index (χ3n) is 2.71. The van der Waals surface area contributed by atoms with Crippen molar-refractivity contribution < 1.29 is 37.2 Å². The van der Waals surface area contributed by atoms with E-state index in [0.717, 1.165) is 0 Å². The van der Waals surface area contributed by atoms with Crippen LogP contribution in [0.3, 0.4) is 0 Å². The van der Waals surface area contributed by atoms with Crippen molar-refractivity contribution >= 4 is 11.9 Å². The molecule has 16 heavy (non-hydrogen) atoms. The quantitative estimate of drug-likeness (QED) is 0.661. The molecule has 0 aliphatic carbocycles. The van der Waals surface area contributed by atoms with Gasteiger partial charge in [-0.15, -0.1) is 0 Å². The van der Waals surface area contributed by atoms with Gasteiger partial charge < -0.3 is 19.8 Å². The molecule has 0 aliphatic rings. The Bertz CT molecular complexity index is 233. The molecule has 0 N–H and O–H groups in total. The van der Waals surface area contributed by atoms with Crippen molar-refractivity contribution in [1.82, 2.24) is 0 Å². The van der Waals surface area contributed by atoms with E-state index in [9.17, 15) is 19.8 Å². The molecule has 1 radical (unpaired) electrons. The van der Waals surface area contributed by atoms with Crippen molar-refractivity contribution in [3.8, 4) is 0 Å². The van der Waals surface area contributed by atoms with Crippen LogP contribution in [-0.2, 0) is 27.0 Å². The Morgan fingerprint density at radius 3 is 1.31 bits per heavy atom. The summed E-state index contributed by atoms with van der Waals surface area (Å²) in [5.74, 6) is -2.21. The van der Waals surface area contributed by atoms with Crippen molar-refractivity contribution in [3.05, 3.63) is 0 Å². The summed E-state index contributed by atoms with van der Waals surface area (Å²) >= 11 is 0. The summed E-state index contributed by atoms with van der Waals surface area (Å²) in [6.45, 7) is 6.31. The fraction of sp³-hybridized carbons (Fsp3) is 0.818. The second-order valence-corrected chi connectivity index (χ2v) is 5.20. The van der Waals surface area contributed by atoms with E-state index in [4.69, 9.17) is 0 Å². The van der Waals surface area contributed by atoms with Crippen molar-refractivity contribution in [2.45, 2.75) is 47.0 Å². The first-order chi connectivity index (χ1) is 6.59. The summed E-state index contributed by atoms with van der Waals surface area (Å²) in [5.41, 5.74) is -1.80. The van der Waals surface area contributed by atoms with E-state index in [-0.39, 0.29) is 17.4 Å². The van der Waals surface area contributed by atoms with E-state index in [2.05, 4.69) is 0 Å². The molecule has 0 fully saturated rings. The van der Waals surface area contributed by atoms with Gasteiger partial charge >= 0.3 is 17.4 Å². The van der Waals surface area contributed by atoms with Gasteiger partial charge in [-0.05, 0) is 12.8 Å². The maximum Gasteiger partial charge on any atom is 3.00 e. The fourth-order valence-corrected chi connectivity index (χ4v) is 1.18. The molecule has 0 bridgehead atoms. The molecule has 0 amide bonds. The summed E-state index contributed by atoms with van der Waals surface area (Å²) in [6, 6.07) is 0. The molecule has 4 nitrogen and oxygen atoms in total. The Balaban J connectivity index is 0. The Kier molecular flexibility index (Phi) is 6.99. The summed E-state index contributed by atoms with van der Waals surface area (Å²) < 4.78 is 0. The molecule has 0 heterocycles. The Morgan fingerprint density at radius 1 is 0.875 bits per heavy atom. The van der Waals surface area contributed by atoms with Crippen LogP contribution in [0.5, 0.6) is 0 Å². The van der Waals surface area contributed by atoms with Crippen LogP contribution < -0.4 is 10.2 Å². The maximum absolute atomic E-state index is 10.7. The van der Waals surface area contributed by atoms with Crippen molar-refractivity contribution in [1.29, 1.82) is 0 Å². The van der Waals surface area contributed by atoms with E-state index < -0.39 is 22.8 Å². The van der Waals surface area contributed by atoms with Crippen LogP contribution >= 0.6 is 0 Å². The number of rotatable bonds is 6. The molecular formula is C11H18CrO4+. The number of hydrogen-bond donors (Lipinski definition) is 0. The first-order valence-corrected chi connectivity index (χ1v) is 5.02. The second-order valence-electron chi connectivity index (χ2n) is 5.20. The third-order valence-corrected chi connectivity index (χ3v) is 2.71. The second kappa shape index (κ2) is 6.27. The summed E-state index contributed by atoms with van der Waals surface area (Å²) in [5, 5.41) is 21.3. The van der Waals surface area contributed by atoms with Gasteiger partial charge in [-0.1, -0.05) is 34.1 Å². The molecular weight excluding hydrogens is 248 g/mol. The molecule has 0 aromatic carbocycles. The average molecular weight is 266 g/mol. The number of carbonyl (C=O) groups excluding carboxylic acids is 2. The van der Waals surface area contributed by atoms with Crippen molar-refractivity contribution in [3.63, 3.8) is 0 Å². The molecule has 0 aromatic rings. The average Bonchev–Trinajstić information content (AvgIpc) is 2.02. The van der Waals surface area contributed by atoms with E-state index in [1.54, 1.807) is 27.7 Å². The molecule has 91 valence electrons. The summed E-state index contributed by atoms with van der Waals surface area (Å²) in [7, 11) is 0. The Labute approximate surface area is 107 Å². The van der Waals surface area contributed by atoms with Crippen molar-refractivity contribution in [2.75, 3.05) is 0 Å². The SMILES string of the molecule is CC(C)(CCCC(C)(C)C(=O)[O-])C(=O)[O-].[Cr+3]. The van der Waals surface area contributed by atoms with E-state index >= 15 is 0 Å². The standard InChI is InChI=1S/C11H20O4.Cr/c1-10(2,8(12)13)6-5-7-11(3,4)9(14)15;/h5-7H2,1-4H3,(H,12,13)(H,14,15);/q;+3/p-2. The maximum atomic E-state index is 10.7. The molecule has 0 rings (SSSR count). The zero-order chi connectivity index (χ0) is 12.3. The molecule has 0 atom stereocenters. The molecule has 0 aromatic heterocycles. The van der Waals surface area contributed by atoms with Crippen LogP contribution in [0.4, 0.5) is 0 Å². The monoisotopic (exact) mass is 266 g/mol. The minimum absolute atomic E-state index is 0. The predicted octanol–water partition coefficient (Wildman–Crippen LogP) is -0.294. The summed E-state index contributed by atoms with van der Waals surface area (Å²) in [4.78, 5) is 21.3. The Morgan fingerprint density at radius 2 is 1.12 bits per heavy atom. The van der Waals surface area contributed by atoms with E-state index in [1.165, 1.54) is 0 Å². The van der Waals surface area contributed by atoms with Crippen LogP contribution in [0.25, 0.3) is 0 Å². The molecule has 0 aliphatic heterocycles. The summed E-state index contributed by atoms with van der Waals surface area (Å²) in [6.07, 6.45) is 1.35. The van der Waals surface area contributed by atoms with Gasteiger partial charge in [-0.25, -0.2) is 0 Å². The number of carbonyl (C=O) groups is 2. The number of carboxylic acid groups (broad SMARTS) is 2. The molecule has 0 spiro atoms. The predicted molar refractivity (Wildman–Crippen MR) is 51.4 cm³/mol. The van der Waals surface area contributed by atoms with E-state index in [0.29, 0.717) is 19.3 Å². The minimum atomic E-state index is -1.10. The molecule has 5 heteroatoms. The zero-order valence-corrected chi connectivity index (χ0v) is 11.4. The largest absolute Gasteiger partial charge is 3.00 e. The van der Waals surface area contributed by atoms with Crippen LogP contribution in [0.15, 0.2) is 0 Å². The van der Waals surface area contributed by atoms with Gasteiger partial charge in [-0.3, -0.25) is 0 Å². The van der Waals surface area contributed by atoms with Crippen LogP contribution in [0.1, 0.15) is 47.0 Å². The van der Waals surface area contributed by atoms with Gasteiger partial charge in [0.05, 0.1) is 0 Å². The fourth-order valence-electron chi connectivity index (χ4n) is 1.18. The van der Waals surface area contributed by atoms with Crippen molar-refractivity contribution in [2.24, 2.45) is 10.8 Å². The van der Waals surface area contributed by atoms with Crippen LogP contribution in [0, 0.1) is 10.8 Å². The van der Waals surface area contributed by atoms with E-state index in [1.807, 2.05) is 0 Å². The molecule has 0 unspecified atom stereocenters. The van der Waals surface area contributed by atoms with Gasteiger partial charge in [0, 0.05) is 22.8 Å². The van der Waals surface area contributed by atoms with Crippen LogP contribution in [-0.4, -0.2) is 11.9 Å². The number of hydrogen-bond acceptors (Lipinski definition) is 4. The number of aliphatic carboxylic acids is 2. The first kappa shape index (κ1) is 17.9. The first-order valence-electron chi connectivity index (χ1n) is 5.02.